The maximum atomic E-state index is 4.27. The van der Waals surface area contributed by atoms with E-state index < -0.39 is 0 Å². The average Bonchev–Trinajstić information content (AvgIpc) is 2.52. The third kappa shape index (κ3) is 3.83. The zero-order valence-corrected chi connectivity index (χ0v) is 13.4. The molecule has 1 aromatic carbocycles. The standard InChI is InChI=1S/C18H24N4/c1-14-5-6-15(2)16(10-14)11-22-9-3-4-17(12-22)21-18-7-8-19-13-20-18/h5-8,10,13,17H,3-4,9,11-12H2,1-2H3,(H,19,20,21). The van der Waals surface area contributed by atoms with Gasteiger partial charge in [-0.05, 0) is 50.4 Å². The summed E-state index contributed by atoms with van der Waals surface area (Å²) in [6.07, 6.45) is 5.81. The molecule has 2 aromatic rings. The van der Waals surface area contributed by atoms with Gasteiger partial charge in [0.25, 0.3) is 0 Å². The maximum absolute atomic E-state index is 4.27. The molecule has 0 amide bonds. The minimum Gasteiger partial charge on any atom is -0.366 e. The van der Waals surface area contributed by atoms with Gasteiger partial charge in [-0.25, -0.2) is 9.97 Å². The third-order valence-electron chi connectivity index (χ3n) is 4.34. The quantitative estimate of drug-likeness (QED) is 0.941. The van der Waals surface area contributed by atoms with Crippen molar-refractivity contribution < 1.29 is 0 Å². The van der Waals surface area contributed by atoms with Crippen molar-refractivity contribution in [2.24, 2.45) is 0 Å². The molecule has 116 valence electrons. The molecule has 1 saturated heterocycles. The molecule has 1 aliphatic rings. The first kappa shape index (κ1) is 15.0. The van der Waals surface area contributed by atoms with Crippen molar-refractivity contribution in [3.05, 3.63) is 53.5 Å². The Bertz CT molecular complexity index is 612. The monoisotopic (exact) mass is 296 g/mol. The second kappa shape index (κ2) is 6.88. The number of hydrogen-bond donors (Lipinski definition) is 1. The highest BCUT2D eigenvalue weighted by Crippen LogP contribution is 2.19. The fourth-order valence-corrected chi connectivity index (χ4v) is 3.11. The van der Waals surface area contributed by atoms with E-state index in [1.54, 1.807) is 12.5 Å². The summed E-state index contributed by atoms with van der Waals surface area (Å²) in [4.78, 5) is 10.8. The van der Waals surface area contributed by atoms with Gasteiger partial charge in [0.15, 0.2) is 0 Å². The Hall–Kier alpha value is -1.94. The van der Waals surface area contributed by atoms with Gasteiger partial charge in [-0.2, -0.15) is 0 Å². The van der Waals surface area contributed by atoms with Crippen LogP contribution in [0.2, 0.25) is 0 Å². The summed E-state index contributed by atoms with van der Waals surface area (Å²) in [7, 11) is 0. The molecule has 4 heteroatoms. The predicted molar refractivity (Wildman–Crippen MR) is 89.9 cm³/mol. The molecule has 2 heterocycles. The molecule has 22 heavy (non-hydrogen) atoms. The van der Waals surface area contributed by atoms with Crippen molar-refractivity contribution in [1.29, 1.82) is 0 Å². The fraction of sp³-hybridized carbons (Fsp3) is 0.444. The molecule has 3 rings (SSSR count). The minimum atomic E-state index is 0.466. The van der Waals surface area contributed by atoms with Crippen LogP contribution in [-0.4, -0.2) is 34.0 Å². The molecule has 1 aliphatic heterocycles. The second-order valence-corrected chi connectivity index (χ2v) is 6.24. The van der Waals surface area contributed by atoms with Gasteiger partial charge in [-0.3, -0.25) is 4.90 Å². The summed E-state index contributed by atoms with van der Waals surface area (Å²) in [5.41, 5.74) is 4.17. The maximum Gasteiger partial charge on any atom is 0.129 e. The molecular weight excluding hydrogens is 272 g/mol. The van der Waals surface area contributed by atoms with Crippen molar-refractivity contribution in [2.75, 3.05) is 18.4 Å². The van der Waals surface area contributed by atoms with E-state index >= 15 is 0 Å². The van der Waals surface area contributed by atoms with Crippen LogP contribution in [-0.2, 0) is 6.54 Å². The van der Waals surface area contributed by atoms with Crippen LogP contribution in [0.4, 0.5) is 5.82 Å². The summed E-state index contributed by atoms with van der Waals surface area (Å²) in [6, 6.07) is 9.13. The van der Waals surface area contributed by atoms with Crippen LogP contribution in [0.5, 0.6) is 0 Å². The molecule has 0 bridgehead atoms. The Morgan fingerprint density at radius 2 is 2.18 bits per heavy atom. The summed E-state index contributed by atoms with van der Waals surface area (Å²) in [5.74, 6) is 0.925. The lowest BCUT2D eigenvalue weighted by Crippen LogP contribution is -2.41. The van der Waals surface area contributed by atoms with E-state index in [4.69, 9.17) is 0 Å². The van der Waals surface area contributed by atoms with Crippen LogP contribution in [0.15, 0.2) is 36.8 Å². The molecule has 1 fully saturated rings. The van der Waals surface area contributed by atoms with E-state index in [0.29, 0.717) is 6.04 Å². The predicted octanol–water partition coefficient (Wildman–Crippen LogP) is 3.17. The zero-order chi connectivity index (χ0) is 15.4. The van der Waals surface area contributed by atoms with E-state index in [0.717, 1.165) is 18.9 Å². The molecule has 1 N–H and O–H groups in total. The Morgan fingerprint density at radius 3 is 3.00 bits per heavy atom. The molecule has 0 saturated carbocycles. The minimum absolute atomic E-state index is 0.466. The van der Waals surface area contributed by atoms with Crippen molar-refractivity contribution in [3.63, 3.8) is 0 Å². The number of likely N-dealkylation sites (tertiary alicyclic amines) is 1. The number of benzene rings is 1. The topological polar surface area (TPSA) is 41.0 Å². The smallest absolute Gasteiger partial charge is 0.129 e. The van der Waals surface area contributed by atoms with Crippen molar-refractivity contribution in [2.45, 2.75) is 39.3 Å². The highest BCUT2D eigenvalue weighted by Gasteiger charge is 2.20. The molecular formula is C18H24N4. The molecule has 1 aromatic heterocycles. The molecule has 1 unspecified atom stereocenters. The lowest BCUT2D eigenvalue weighted by atomic mass is 10.0. The Labute approximate surface area is 132 Å². The summed E-state index contributed by atoms with van der Waals surface area (Å²) < 4.78 is 0. The van der Waals surface area contributed by atoms with E-state index in [1.165, 1.54) is 36.1 Å². The molecule has 0 radical (unpaired) electrons. The van der Waals surface area contributed by atoms with Crippen LogP contribution in [0.25, 0.3) is 0 Å². The van der Waals surface area contributed by atoms with Crippen LogP contribution >= 0.6 is 0 Å². The van der Waals surface area contributed by atoms with E-state index in [-0.39, 0.29) is 0 Å². The molecule has 1 atom stereocenters. The lowest BCUT2D eigenvalue weighted by Gasteiger charge is -2.33. The SMILES string of the molecule is Cc1ccc(C)c(CN2CCCC(Nc3ccncn3)C2)c1. The van der Waals surface area contributed by atoms with Crippen LogP contribution < -0.4 is 5.32 Å². The summed E-state index contributed by atoms with van der Waals surface area (Å²) in [6.45, 7) is 7.65. The van der Waals surface area contributed by atoms with Crippen LogP contribution in [0, 0.1) is 13.8 Å². The lowest BCUT2D eigenvalue weighted by molar-refractivity contribution is 0.208. The number of aromatic nitrogens is 2. The number of anilines is 1. The number of nitrogens with one attached hydrogen (secondary N) is 1. The third-order valence-corrected chi connectivity index (χ3v) is 4.34. The Morgan fingerprint density at radius 1 is 1.27 bits per heavy atom. The van der Waals surface area contributed by atoms with Crippen LogP contribution in [0.3, 0.4) is 0 Å². The Kier molecular flexibility index (Phi) is 4.68. The summed E-state index contributed by atoms with van der Waals surface area (Å²) in [5, 5.41) is 3.53. The molecule has 0 spiro atoms. The fourth-order valence-electron chi connectivity index (χ4n) is 3.11. The van der Waals surface area contributed by atoms with E-state index in [9.17, 15) is 0 Å². The summed E-state index contributed by atoms with van der Waals surface area (Å²) >= 11 is 0. The number of hydrogen-bond acceptors (Lipinski definition) is 4. The Balaban J connectivity index is 1.62. The molecule has 0 aliphatic carbocycles. The number of piperidine rings is 1. The van der Waals surface area contributed by atoms with Gasteiger partial charge >= 0.3 is 0 Å². The van der Waals surface area contributed by atoms with Gasteiger partial charge in [-0.1, -0.05) is 23.8 Å². The number of rotatable bonds is 4. The normalized spacial score (nSPS) is 19.1. The van der Waals surface area contributed by atoms with Crippen molar-refractivity contribution in [3.8, 4) is 0 Å². The van der Waals surface area contributed by atoms with E-state index in [1.807, 2.05) is 6.07 Å². The first-order chi connectivity index (χ1) is 10.7. The largest absolute Gasteiger partial charge is 0.366 e. The first-order valence-corrected chi connectivity index (χ1v) is 8.02. The number of nitrogens with zero attached hydrogens (tertiary/aromatic N) is 3. The van der Waals surface area contributed by atoms with Crippen molar-refractivity contribution >= 4 is 5.82 Å². The highest BCUT2D eigenvalue weighted by molar-refractivity contribution is 5.33. The van der Waals surface area contributed by atoms with Gasteiger partial charge < -0.3 is 5.32 Å². The molecule has 4 nitrogen and oxygen atoms in total. The number of aryl methyl sites for hydroxylation is 2. The van der Waals surface area contributed by atoms with Crippen LogP contribution in [0.1, 0.15) is 29.5 Å². The zero-order valence-electron chi connectivity index (χ0n) is 13.4. The first-order valence-electron chi connectivity index (χ1n) is 8.02. The van der Waals surface area contributed by atoms with Gasteiger partial charge in [0.05, 0.1) is 0 Å². The average molecular weight is 296 g/mol. The second-order valence-electron chi connectivity index (χ2n) is 6.24. The van der Waals surface area contributed by atoms with Gasteiger partial charge in [0, 0.05) is 25.3 Å². The van der Waals surface area contributed by atoms with Crippen molar-refractivity contribution in [1.82, 2.24) is 14.9 Å². The van der Waals surface area contributed by atoms with Gasteiger partial charge in [0.2, 0.25) is 0 Å². The van der Waals surface area contributed by atoms with E-state index in [2.05, 4.69) is 52.2 Å². The van der Waals surface area contributed by atoms with Gasteiger partial charge in [-0.15, -0.1) is 0 Å². The highest BCUT2D eigenvalue weighted by atomic mass is 15.2. The van der Waals surface area contributed by atoms with Gasteiger partial charge in [0.1, 0.15) is 12.1 Å².